The molecule has 1 aliphatic heterocycles. The molecule has 2 N–H and O–H groups in total. The number of imide groups is 1. The van der Waals surface area contributed by atoms with Crippen molar-refractivity contribution in [2.75, 3.05) is 6.61 Å². The van der Waals surface area contributed by atoms with Gasteiger partial charge in [-0.15, -0.1) is 0 Å². The van der Waals surface area contributed by atoms with Crippen LogP contribution in [-0.2, 0) is 4.79 Å². The third kappa shape index (κ3) is 3.27. The van der Waals surface area contributed by atoms with Gasteiger partial charge in [0.2, 0.25) is 0 Å². The van der Waals surface area contributed by atoms with Crippen LogP contribution in [0.5, 0.6) is 5.75 Å². The zero-order valence-corrected chi connectivity index (χ0v) is 14.7. The molecule has 1 atom stereocenters. The predicted octanol–water partition coefficient (Wildman–Crippen LogP) is 2.82. The Balaban J connectivity index is 1.80. The molecule has 1 fully saturated rings. The van der Waals surface area contributed by atoms with Gasteiger partial charge in [0.05, 0.1) is 18.0 Å². The van der Waals surface area contributed by atoms with E-state index in [1.54, 1.807) is 10.9 Å². The maximum Gasteiger partial charge on any atom is 0.322 e. The maximum atomic E-state index is 12.2. The molecule has 0 radical (unpaired) electrons. The molecular formula is C20H18N4O3. The Morgan fingerprint density at radius 2 is 1.81 bits per heavy atom. The fourth-order valence-corrected chi connectivity index (χ4v) is 3.05. The topological polar surface area (TPSA) is 85.2 Å². The van der Waals surface area contributed by atoms with E-state index >= 15 is 0 Å². The lowest BCUT2D eigenvalue weighted by Crippen LogP contribution is -2.22. The zero-order valence-electron chi connectivity index (χ0n) is 14.7. The Kier molecular flexibility index (Phi) is 4.33. The summed E-state index contributed by atoms with van der Waals surface area (Å²) in [6.45, 7) is 2.51. The number of nitrogens with one attached hydrogen (secondary N) is 2. The van der Waals surface area contributed by atoms with Crippen molar-refractivity contribution in [3.8, 4) is 22.7 Å². The second-order valence-electron chi connectivity index (χ2n) is 6.07. The molecule has 1 saturated heterocycles. The number of nitrogens with zero attached hydrogens (tertiary/aromatic N) is 2. The highest BCUT2D eigenvalue weighted by Crippen LogP contribution is 2.31. The van der Waals surface area contributed by atoms with Crippen LogP contribution in [-0.4, -0.2) is 28.3 Å². The van der Waals surface area contributed by atoms with Gasteiger partial charge in [0.1, 0.15) is 11.8 Å². The summed E-state index contributed by atoms with van der Waals surface area (Å²) in [7, 11) is 0. The molecule has 2 aromatic carbocycles. The third-order valence-electron chi connectivity index (χ3n) is 4.29. The van der Waals surface area contributed by atoms with Crippen LogP contribution >= 0.6 is 0 Å². The van der Waals surface area contributed by atoms with Crippen LogP contribution in [0.15, 0.2) is 60.8 Å². The number of urea groups is 1. The normalized spacial score (nSPS) is 16.1. The van der Waals surface area contributed by atoms with Gasteiger partial charge in [-0.2, -0.15) is 5.10 Å². The summed E-state index contributed by atoms with van der Waals surface area (Å²) in [4.78, 5) is 23.8. The molecule has 0 aliphatic carbocycles. The summed E-state index contributed by atoms with van der Waals surface area (Å²) in [6.07, 6.45) is 1.77. The van der Waals surface area contributed by atoms with E-state index in [0.717, 1.165) is 17.0 Å². The highest BCUT2D eigenvalue weighted by Gasteiger charge is 2.34. The van der Waals surface area contributed by atoms with E-state index in [-0.39, 0.29) is 5.91 Å². The smallest absolute Gasteiger partial charge is 0.322 e. The first-order chi connectivity index (χ1) is 13.2. The number of benzene rings is 2. The number of aromatic nitrogens is 2. The number of rotatable bonds is 5. The van der Waals surface area contributed by atoms with E-state index in [0.29, 0.717) is 17.9 Å². The minimum absolute atomic E-state index is 0.389. The molecule has 1 aromatic heterocycles. The second-order valence-corrected chi connectivity index (χ2v) is 6.07. The minimum Gasteiger partial charge on any atom is -0.494 e. The third-order valence-corrected chi connectivity index (χ3v) is 4.29. The SMILES string of the molecule is CCOc1ccc(-c2nn(-c3ccccc3)cc2[C@H]2NC(=O)NC2=O)cc1. The van der Waals surface area contributed by atoms with Gasteiger partial charge in [0.25, 0.3) is 5.91 Å². The molecule has 136 valence electrons. The Morgan fingerprint density at radius 1 is 1.07 bits per heavy atom. The van der Waals surface area contributed by atoms with Crippen molar-refractivity contribution in [1.82, 2.24) is 20.4 Å². The van der Waals surface area contributed by atoms with E-state index in [1.165, 1.54) is 0 Å². The van der Waals surface area contributed by atoms with Crippen LogP contribution in [0.1, 0.15) is 18.5 Å². The van der Waals surface area contributed by atoms with E-state index in [4.69, 9.17) is 4.74 Å². The van der Waals surface area contributed by atoms with E-state index in [2.05, 4.69) is 15.7 Å². The molecule has 3 aromatic rings. The summed E-state index contributed by atoms with van der Waals surface area (Å²) in [5, 5.41) is 9.60. The van der Waals surface area contributed by atoms with Crippen molar-refractivity contribution in [3.05, 3.63) is 66.4 Å². The average Bonchev–Trinajstić information content (AvgIpc) is 3.26. The van der Waals surface area contributed by atoms with Crippen molar-refractivity contribution in [2.45, 2.75) is 13.0 Å². The lowest BCUT2D eigenvalue weighted by molar-refractivity contribution is -0.120. The van der Waals surface area contributed by atoms with Gasteiger partial charge in [-0.05, 0) is 43.3 Å². The standard InChI is InChI=1S/C20H18N4O3/c1-2-27-15-10-8-13(9-11-15)17-16(18-19(25)22-20(26)21-18)12-24(23-17)14-6-4-3-5-7-14/h3-12,18H,2H2,1H3,(H2,21,22,25,26)/t18-/m1/s1. The van der Waals surface area contributed by atoms with Gasteiger partial charge in [0.15, 0.2) is 0 Å². The van der Waals surface area contributed by atoms with Gasteiger partial charge in [-0.1, -0.05) is 18.2 Å². The Bertz CT molecular complexity index is 980. The minimum atomic E-state index is -0.781. The highest BCUT2D eigenvalue weighted by molar-refractivity contribution is 6.05. The number of hydrogen-bond acceptors (Lipinski definition) is 4. The van der Waals surface area contributed by atoms with Crippen LogP contribution in [0, 0.1) is 0 Å². The first-order valence-electron chi connectivity index (χ1n) is 8.65. The maximum absolute atomic E-state index is 12.2. The van der Waals surface area contributed by atoms with Crippen LogP contribution < -0.4 is 15.4 Å². The van der Waals surface area contributed by atoms with E-state index in [9.17, 15) is 9.59 Å². The molecule has 7 nitrogen and oxygen atoms in total. The van der Waals surface area contributed by atoms with Crippen molar-refractivity contribution in [2.24, 2.45) is 0 Å². The summed E-state index contributed by atoms with van der Waals surface area (Å²) in [6, 6.07) is 15.8. The molecule has 1 aliphatic rings. The van der Waals surface area contributed by atoms with E-state index < -0.39 is 12.1 Å². The number of ether oxygens (including phenoxy) is 1. The van der Waals surface area contributed by atoms with Crippen molar-refractivity contribution >= 4 is 11.9 Å². The first kappa shape index (κ1) is 16.8. The Labute approximate surface area is 156 Å². The Hall–Kier alpha value is -3.61. The summed E-state index contributed by atoms with van der Waals surface area (Å²) in [5.74, 6) is 0.372. The fourth-order valence-electron chi connectivity index (χ4n) is 3.05. The molecule has 0 bridgehead atoms. The van der Waals surface area contributed by atoms with Gasteiger partial charge in [0, 0.05) is 17.3 Å². The zero-order chi connectivity index (χ0) is 18.8. The monoisotopic (exact) mass is 362 g/mol. The summed E-state index contributed by atoms with van der Waals surface area (Å²) in [5.41, 5.74) is 2.95. The largest absolute Gasteiger partial charge is 0.494 e. The first-order valence-corrected chi connectivity index (χ1v) is 8.65. The van der Waals surface area contributed by atoms with Crippen molar-refractivity contribution in [3.63, 3.8) is 0 Å². The molecular weight excluding hydrogens is 344 g/mol. The molecule has 7 heteroatoms. The number of carbonyl (C=O) groups is 2. The summed E-state index contributed by atoms with van der Waals surface area (Å²) >= 11 is 0. The van der Waals surface area contributed by atoms with Gasteiger partial charge in [-0.25, -0.2) is 9.48 Å². The van der Waals surface area contributed by atoms with Crippen LogP contribution in [0.4, 0.5) is 4.79 Å². The molecule has 4 rings (SSSR count). The molecule has 3 amide bonds. The van der Waals surface area contributed by atoms with Gasteiger partial charge >= 0.3 is 6.03 Å². The average molecular weight is 362 g/mol. The second kappa shape index (κ2) is 6.95. The summed E-state index contributed by atoms with van der Waals surface area (Å²) < 4.78 is 7.19. The van der Waals surface area contributed by atoms with Crippen molar-refractivity contribution in [1.29, 1.82) is 0 Å². The van der Waals surface area contributed by atoms with Crippen LogP contribution in [0.25, 0.3) is 16.9 Å². The lowest BCUT2D eigenvalue weighted by atomic mass is 10.0. The number of carbonyl (C=O) groups excluding carboxylic acids is 2. The van der Waals surface area contributed by atoms with E-state index in [1.807, 2.05) is 61.5 Å². The lowest BCUT2D eigenvalue weighted by Gasteiger charge is -2.08. The number of hydrogen-bond donors (Lipinski definition) is 2. The molecule has 2 heterocycles. The quantitative estimate of drug-likeness (QED) is 0.684. The highest BCUT2D eigenvalue weighted by atomic mass is 16.5. The van der Waals surface area contributed by atoms with Crippen LogP contribution in [0.2, 0.25) is 0 Å². The number of para-hydroxylation sites is 1. The Morgan fingerprint density at radius 3 is 2.44 bits per heavy atom. The molecule has 0 spiro atoms. The molecule has 0 unspecified atom stereocenters. The predicted molar refractivity (Wildman–Crippen MR) is 99.6 cm³/mol. The van der Waals surface area contributed by atoms with Crippen molar-refractivity contribution < 1.29 is 14.3 Å². The van der Waals surface area contributed by atoms with Gasteiger partial charge in [-0.3, -0.25) is 10.1 Å². The molecule has 27 heavy (non-hydrogen) atoms. The molecule has 0 saturated carbocycles. The number of amides is 3. The van der Waals surface area contributed by atoms with Crippen LogP contribution in [0.3, 0.4) is 0 Å². The van der Waals surface area contributed by atoms with Gasteiger partial charge < -0.3 is 10.1 Å². The fraction of sp³-hybridized carbons (Fsp3) is 0.150.